The van der Waals surface area contributed by atoms with Crippen LogP contribution >= 0.6 is 11.3 Å². The molecule has 1 aliphatic heterocycles. The van der Waals surface area contributed by atoms with E-state index in [0.29, 0.717) is 5.92 Å². The average Bonchev–Trinajstić information content (AvgIpc) is 2.95. The zero-order valence-electron chi connectivity index (χ0n) is 10.4. The lowest BCUT2D eigenvalue weighted by Gasteiger charge is -2.07. The van der Waals surface area contributed by atoms with Crippen LogP contribution in [0, 0.1) is 5.92 Å². The van der Waals surface area contributed by atoms with Gasteiger partial charge in [0.15, 0.2) is 0 Å². The summed E-state index contributed by atoms with van der Waals surface area (Å²) < 4.78 is 5.33. The molecule has 2 rings (SSSR count). The maximum Gasteiger partial charge on any atom is 0.308 e. The molecule has 0 amide bonds. The Morgan fingerprint density at radius 3 is 3.06 bits per heavy atom. The van der Waals surface area contributed by atoms with E-state index >= 15 is 0 Å². The molecule has 0 radical (unpaired) electrons. The average molecular weight is 269 g/mol. The molecule has 4 nitrogen and oxygen atoms in total. The van der Waals surface area contributed by atoms with E-state index in [2.05, 4.69) is 5.32 Å². The molecule has 5 heteroatoms. The fraction of sp³-hybridized carbons (Fsp3) is 0.615. The van der Waals surface area contributed by atoms with Gasteiger partial charge in [-0.3, -0.25) is 4.79 Å². The molecule has 2 heterocycles. The number of carboxylic acid groups (broad SMARTS) is 1. The van der Waals surface area contributed by atoms with Gasteiger partial charge in [0.05, 0.1) is 6.42 Å². The Labute approximate surface area is 111 Å². The molecule has 0 saturated carbocycles. The highest BCUT2D eigenvalue weighted by molar-refractivity contribution is 7.12. The van der Waals surface area contributed by atoms with Gasteiger partial charge < -0.3 is 15.2 Å². The van der Waals surface area contributed by atoms with Crippen molar-refractivity contribution in [2.75, 3.05) is 19.8 Å². The van der Waals surface area contributed by atoms with Crippen molar-refractivity contribution >= 4 is 17.3 Å². The van der Waals surface area contributed by atoms with E-state index in [0.717, 1.165) is 37.6 Å². The van der Waals surface area contributed by atoms with Gasteiger partial charge in [-0.05, 0) is 37.4 Å². The number of thiophene rings is 1. The summed E-state index contributed by atoms with van der Waals surface area (Å²) in [4.78, 5) is 12.7. The predicted octanol–water partition coefficient (Wildman–Crippen LogP) is 1.89. The van der Waals surface area contributed by atoms with E-state index in [-0.39, 0.29) is 6.42 Å². The van der Waals surface area contributed by atoms with Gasteiger partial charge in [0, 0.05) is 29.5 Å². The maximum atomic E-state index is 10.6. The summed E-state index contributed by atoms with van der Waals surface area (Å²) in [6.45, 7) is 3.65. The van der Waals surface area contributed by atoms with Crippen molar-refractivity contribution in [3.63, 3.8) is 0 Å². The van der Waals surface area contributed by atoms with Crippen molar-refractivity contribution in [1.82, 2.24) is 5.32 Å². The van der Waals surface area contributed by atoms with Crippen molar-refractivity contribution in [1.29, 1.82) is 0 Å². The molecule has 1 atom stereocenters. The van der Waals surface area contributed by atoms with E-state index in [1.165, 1.54) is 11.3 Å². The molecule has 1 unspecified atom stereocenters. The van der Waals surface area contributed by atoms with Gasteiger partial charge in [-0.25, -0.2) is 0 Å². The SMILES string of the molecule is O=C(O)Cc1ccc(CNCCC2CCOC2)s1. The van der Waals surface area contributed by atoms with Crippen molar-refractivity contribution in [2.24, 2.45) is 5.92 Å². The largest absolute Gasteiger partial charge is 0.481 e. The Hall–Kier alpha value is -0.910. The van der Waals surface area contributed by atoms with Crippen LogP contribution in [0.25, 0.3) is 0 Å². The van der Waals surface area contributed by atoms with Crippen LogP contribution in [0.3, 0.4) is 0 Å². The topological polar surface area (TPSA) is 58.6 Å². The van der Waals surface area contributed by atoms with Crippen LogP contribution in [0.4, 0.5) is 0 Å². The first-order chi connectivity index (χ1) is 8.74. The van der Waals surface area contributed by atoms with Crippen LogP contribution in [-0.4, -0.2) is 30.8 Å². The number of rotatable bonds is 7. The summed E-state index contributed by atoms with van der Waals surface area (Å²) in [5.74, 6) is -0.0546. The molecular weight excluding hydrogens is 250 g/mol. The minimum Gasteiger partial charge on any atom is -0.481 e. The number of aliphatic carboxylic acids is 1. The van der Waals surface area contributed by atoms with E-state index < -0.39 is 5.97 Å². The van der Waals surface area contributed by atoms with Crippen LogP contribution in [0.15, 0.2) is 12.1 Å². The molecule has 0 aliphatic carbocycles. The zero-order valence-corrected chi connectivity index (χ0v) is 11.2. The van der Waals surface area contributed by atoms with Gasteiger partial charge in [0.25, 0.3) is 0 Å². The molecule has 100 valence electrons. The van der Waals surface area contributed by atoms with Crippen LogP contribution in [-0.2, 0) is 22.5 Å². The molecule has 1 aromatic rings. The minimum absolute atomic E-state index is 0.129. The Kier molecular flexibility index (Phi) is 5.16. The van der Waals surface area contributed by atoms with E-state index in [1.54, 1.807) is 11.3 Å². The van der Waals surface area contributed by atoms with Crippen LogP contribution < -0.4 is 5.32 Å². The highest BCUT2D eigenvalue weighted by Crippen LogP contribution is 2.18. The monoisotopic (exact) mass is 269 g/mol. The van der Waals surface area contributed by atoms with Crippen molar-refractivity contribution in [3.8, 4) is 0 Å². The lowest BCUT2D eigenvalue weighted by Crippen LogP contribution is -2.17. The Morgan fingerprint density at radius 1 is 1.50 bits per heavy atom. The van der Waals surface area contributed by atoms with Crippen LogP contribution in [0.1, 0.15) is 22.6 Å². The lowest BCUT2D eigenvalue weighted by atomic mass is 10.1. The highest BCUT2D eigenvalue weighted by atomic mass is 32.1. The number of carboxylic acids is 1. The third kappa shape index (κ3) is 4.40. The fourth-order valence-corrected chi connectivity index (χ4v) is 3.07. The molecule has 18 heavy (non-hydrogen) atoms. The Bertz CT molecular complexity index is 385. The van der Waals surface area contributed by atoms with Crippen LogP contribution in [0.2, 0.25) is 0 Å². The summed E-state index contributed by atoms with van der Waals surface area (Å²) in [7, 11) is 0. The molecule has 0 aromatic carbocycles. The van der Waals surface area contributed by atoms with Gasteiger partial charge in [0.2, 0.25) is 0 Å². The number of hydrogen-bond acceptors (Lipinski definition) is 4. The lowest BCUT2D eigenvalue weighted by molar-refractivity contribution is -0.136. The van der Waals surface area contributed by atoms with E-state index in [4.69, 9.17) is 9.84 Å². The Balaban J connectivity index is 1.63. The summed E-state index contributed by atoms with van der Waals surface area (Å²) in [5.41, 5.74) is 0. The summed E-state index contributed by atoms with van der Waals surface area (Å²) in [5, 5.41) is 12.1. The second-order valence-electron chi connectivity index (χ2n) is 4.63. The number of hydrogen-bond donors (Lipinski definition) is 2. The third-order valence-electron chi connectivity index (χ3n) is 3.10. The quantitative estimate of drug-likeness (QED) is 0.742. The number of carbonyl (C=O) groups is 1. The third-order valence-corrected chi connectivity index (χ3v) is 4.18. The smallest absolute Gasteiger partial charge is 0.308 e. The summed E-state index contributed by atoms with van der Waals surface area (Å²) >= 11 is 1.58. The molecule has 1 aromatic heterocycles. The standard InChI is InChI=1S/C13H19NO3S/c15-13(16)7-11-1-2-12(18-11)8-14-5-3-10-4-6-17-9-10/h1-2,10,14H,3-9H2,(H,15,16). The zero-order chi connectivity index (χ0) is 12.8. The maximum absolute atomic E-state index is 10.6. The minimum atomic E-state index is -0.766. The molecule has 1 fully saturated rings. The van der Waals surface area contributed by atoms with Gasteiger partial charge >= 0.3 is 5.97 Å². The van der Waals surface area contributed by atoms with Gasteiger partial charge in [-0.2, -0.15) is 0 Å². The van der Waals surface area contributed by atoms with Crippen molar-refractivity contribution in [2.45, 2.75) is 25.8 Å². The second-order valence-corrected chi connectivity index (χ2v) is 5.89. The predicted molar refractivity (Wildman–Crippen MR) is 70.9 cm³/mol. The fourth-order valence-electron chi connectivity index (χ4n) is 2.09. The molecule has 2 N–H and O–H groups in total. The molecular formula is C13H19NO3S. The second kappa shape index (κ2) is 6.87. The normalized spacial score (nSPS) is 19.2. The first-order valence-electron chi connectivity index (χ1n) is 6.32. The van der Waals surface area contributed by atoms with Crippen LogP contribution in [0.5, 0.6) is 0 Å². The molecule has 0 spiro atoms. The molecule has 0 bridgehead atoms. The first-order valence-corrected chi connectivity index (χ1v) is 7.13. The summed E-state index contributed by atoms with van der Waals surface area (Å²) in [6, 6.07) is 3.91. The van der Waals surface area contributed by atoms with E-state index in [9.17, 15) is 4.79 Å². The van der Waals surface area contributed by atoms with Gasteiger partial charge in [-0.15, -0.1) is 11.3 Å². The molecule has 1 saturated heterocycles. The van der Waals surface area contributed by atoms with Crippen molar-refractivity contribution < 1.29 is 14.6 Å². The van der Waals surface area contributed by atoms with Crippen molar-refractivity contribution in [3.05, 3.63) is 21.9 Å². The van der Waals surface area contributed by atoms with Gasteiger partial charge in [-0.1, -0.05) is 0 Å². The van der Waals surface area contributed by atoms with E-state index in [1.807, 2.05) is 12.1 Å². The highest BCUT2D eigenvalue weighted by Gasteiger charge is 2.14. The first kappa shape index (κ1) is 13.5. The number of ether oxygens (including phenoxy) is 1. The summed E-state index contributed by atoms with van der Waals surface area (Å²) in [6.07, 6.45) is 2.47. The molecule has 1 aliphatic rings. The Morgan fingerprint density at radius 2 is 2.33 bits per heavy atom. The number of nitrogens with one attached hydrogen (secondary N) is 1. The van der Waals surface area contributed by atoms with Gasteiger partial charge in [0.1, 0.15) is 0 Å².